The lowest BCUT2D eigenvalue weighted by Crippen LogP contribution is -2.45. The number of hydrogen-bond acceptors (Lipinski definition) is 5. The molecule has 7 heteroatoms. The van der Waals surface area contributed by atoms with Crippen LogP contribution in [-0.4, -0.2) is 46.7 Å². The Balaban J connectivity index is 1.61. The minimum absolute atomic E-state index is 0.388. The third-order valence-corrected chi connectivity index (χ3v) is 5.63. The van der Waals surface area contributed by atoms with Crippen LogP contribution in [0.4, 0.5) is 5.82 Å². The molecule has 2 fully saturated rings. The monoisotopic (exact) mass is 358 g/mol. The first kappa shape index (κ1) is 15.4. The van der Waals surface area contributed by atoms with E-state index in [1.807, 2.05) is 23.6 Å². The van der Waals surface area contributed by atoms with Gasteiger partial charge in [-0.05, 0) is 19.1 Å². The van der Waals surface area contributed by atoms with Crippen LogP contribution < -0.4 is 4.90 Å². The number of ether oxygens (including phenoxy) is 2. The van der Waals surface area contributed by atoms with Crippen molar-refractivity contribution in [2.75, 3.05) is 31.2 Å². The average molecular weight is 359 g/mol. The van der Waals surface area contributed by atoms with Crippen molar-refractivity contribution in [2.24, 2.45) is 0 Å². The summed E-state index contributed by atoms with van der Waals surface area (Å²) in [7, 11) is 0. The molecule has 0 aliphatic carbocycles. The molecule has 5 rings (SSSR count). The van der Waals surface area contributed by atoms with Crippen molar-refractivity contribution in [1.82, 2.24) is 14.6 Å². The van der Waals surface area contributed by atoms with Crippen LogP contribution in [0.5, 0.6) is 0 Å². The maximum atomic E-state index is 6.45. The van der Waals surface area contributed by atoms with Gasteiger partial charge in [0.25, 0.3) is 0 Å². The van der Waals surface area contributed by atoms with Crippen molar-refractivity contribution < 1.29 is 9.47 Å². The molecule has 25 heavy (non-hydrogen) atoms. The van der Waals surface area contributed by atoms with Gasteiger partial charge in [-0.2, -0.15) is 5.10 Å². The van der Waals surface area contributed by atoms with Gasteiger partial charge in [-0.25, -0.2) is 9.50 Å². The lowest BCUT2D eigenvalue weighted by molar-refractivity contribution is -0.169. The molecule has 0 amide bonds. The molecule has 2 saturated heterocycles. The molecule has 3 aromatic rings. The van der Waals surface area contributed by atoms with E-state index in [0.717, 1.165) is 48.3 Å². The number of aromatic nitrogens is 3. The lowest BCUT2D eigenvalue weighted by Gasteiger charge is -2.38. The Morgan fingerprint density at radius 2 is 1.84 bits per heavy atom. The second-order valence-electron chi connectivity index (χ2n) is 6.68. The zero-order valence-corrected chi connectivity index (χ0v) is 14.8. The van der Waals surface area contributed by atoms with Crippen molar-refractivity contribution >= 4 is 34.0 Å². The molecule has 0 atom stereocenters. The fraction of sp³-hybridized carbons (Fsp3) is 0.444. The first-order valence-electron chi connectivity index (χ1n) is 8.63. The topological polar surface area (TPSA) is 51.9 Å². The molecule has 1 spiro atoms. The maximum Gasteiger partial charge on any atom is 0.176 e. The summed E-state index contributed by atoms with van der Waals surface area (Å²) >= 11 is 6.45. The number of para-hydroxylation sites is 1. The van der Waals surface area contributed by atoms with Crippen LogP contribution in [0.15, 0.2) is 24.3 Å². The Kier molecular flexibility index (Phi) is 3.42. The van der Waals surface area contributed by atoms with E-state index >= 15 is 0 Å². The molecule has 0 unspecified atom stereocenters. The van der Waals surface area contributed by atoms with E-state index in [-0.39, 0.29) is 5.79 Å². The maximum absolute atomic E-state index is 6.45. The van der Waals surface area contributed by atoms with Crippen LogP contribution in [-0.2, 0) is 9.47 Å². The minimum Gasteiger partial charge on any atom is -0.356 e. The van der Waals surface area contributed by atoms with E-state index in [9.17, 15) is 0 Å². The van der Waals surface area contributed by atoms with Gasteiger partial charge in [0.2, 0.25) is 0 Å². The number of fused-ring (bicyclic) bond motifs is 3. The molecule has 130 valence electrons. The van der Waals surface area contributed by atoms with Gasteiger partial charge < -0.3 is 14.4 Å². The largest absolute Gasteiger partial charge is 0.356 e. The predicted molar refractivity (Wildman–Crippen MR) is 96.3 cm³/mol. The van der Waals surface area contributed by atoms with Crippen LogP contribution in [0.2, 0.25) is 5.02 Å². The molecule has 0 radical (unpaired) electrons. The van der Waals surface area contributed by atoms with Crippen LogP contribution >= 0.6 is 11.6 Å². The number of anilines is 1. The molecule has 4 heterocycles. The van der Waals surface area contributed by atoms with Crippen LogP contribution in [0, 0.1) is 6.92 Å². The Bertz CT molecular complexity index is 955. The van der Waals surface area contributed by atoms with Crippen molar-refractivity contribution in [3.63, 3.8) is 0 Å². The highest BCUT2D eigenvalue weighted by Crippen LogP contribution is 2.36. The quantitative estimate of drug-likeness (QED) is 0.668. The summed E-state index contributed by atoms with van der Waals surface area (Å²) in [5.41, 5.74) is 2.52. The summed E-state index contributed by atoms with van der Waals surface area (Å²) < 4.78 is 13.5. The highest BCUT2D eigenvalue weighted by Gasteiger charge is 2.40. The summed E-state index contributed by atoms with van der Waals surface area (Å²) in [5.74, 6) is 0.569. The van der Waals surface area contributed by atoms with Gasteiger partial charge in [-0.1, -0.05) is 23.7 Å². The van der Waals surface area contributed by atoms with Crippen LogP contribution in [0.3, 0.4) is 0 Å². The standard InChI is InChI=1S/C18H19ClN4O2/c1-12-15(19)17-20-16(13-4-2-3-5-14(13)23(17)21-12)22-8-6-18(7-9-22)24-10-11-25-18/h2-5H,6-11H2,1H3. The summed E-state index contributed by atoms with van der Waals surface area (Å²) in [5, 5.41) is 6.24. The third kappa shape index (κ3) is 2.32. The van der Waals surface area contributed by atoms with Crippen molar-refractivity contribution in [3.8, 4) is 0 Å². The minimum atomic E-state index is -0.388. The van der Waals surface area contributed by atoms with Gasteiger partial charge in [-0.3, -0.25) is 0 Å². The molecule has 1 aromatic carbocycles. The fourth-order valence-electron chi connectivity index (χ4n) is 3.85. The number of rotatable bonds is 1. The summed E-state index contributed by atoms with van der Waals surface area (Å²) in [6, 6.07) is 8.20. The number of halogens is 1. The zero-order valence-electron chi connectivity index (χ0n) is 14.0. The summed E-state index contributed by atoms with van der Waals surface area (Å²) in [6.07, 6.45) is 1.69. The van der Waals surface area contributed by atoms with E-state index in [1.54, 1.807) is 0 Å². The Labute approximate surface area is 150 Å². The average Bonchev–Trinajstić information content (AvgIpc) is 3.21. The van der Waals surface area contributed by atoms with E-state index in [0.29, 0.717) is 23.9 Å². The van der Waals surface area contributed by atoms with Gasteiger partial charge in [0, 0.05) is 31.3 Å². The fourth-order valence-corrected chi connectivity index (χ4v) is 4.01. The normalized spacial score (nSPS) is 20.2. The van der Waals surface area contributed by atoms with Crippen molar-refractivity contribution in [2.45, 2.75) is 25.6 Å². The van der Waals surface area contributed by atoms with E-state index in [4.69, 9.17) is 26.1 Å². The summed E-state index contributed by atoms with van der Waals surface area (Å²) in [4.78, 5) is 7.18. The van der Waals surface area contributed by atoms with Crippen molar-refractivity contribution in [3.05, 3.63) is 35.0 Å². The lowest BCUT2D eigenvalue weighted by atomic mass is 10.0. The molecule has 2 aliphatic rings. The predicted octanol–water partition coefficient (Wildman–Crippen LogP) is 3.19. The highest BCUT2D eigenvalue weighted by molar-refractivity contribution is 6.34. The van der Waals surface area contributed by atoms with Crippen LogP contribution in [0.25, 0.3) is 16.6 Å². The molecule has 0 bridgehead atoms. The smallest absolute Gasteiger partial charge is 0.176 e. The SMILES string of the molecule is Cc1nn2c(nc(N3CCC4(CC3)OCCO4)c3ccccc32)c1Cl. The van der Waals surface area contributed by atoms with Gasteiger partial charge in [-0.15, -0.1) is 0 Å². The van der Waals surface area contributed by atoms with Crippen LogP contribution in [0.1, 0.15) is 18.5 Å². The Morgan fingerprint density at radius 1 is 1.12 bits per heavy atom. The van der Waals surface area contributed by atoms with E-state index < -0.39 is 0 Å². The second kappa shape index (κ2) is 5.56. The van der Waals surface area contributed by atoms with E-state index in [1.165, 1.54) is 0 Å². The van der Waals surface area contributed by atoms with Gasteiger partial charge in [0.05, 0.1) is 24.4 Å². The molecule has 0 saturated carbocycles. The first-order chi connectivity index (χ1) is 12.2. The van der Waals surface area contributed by atoms with Gasteiger partial charge >= 0.3 is 0 Å². The van der Waals surface area contributed by atoms with Crippen molar-refractivity contribution in [1.29, 1.82) is 0 Å². The third-order valence-electron chi connectivity index (χ3n) is 5.19. The molecule has 0 N–H and O–H groups in total. The molecule has 2 aromatic heterocycles. The molecule has 6 nitrogen and oxygen atoms in total. The number of hydrogen-bond donors (Lipinski definition) is 0. The number of piperidine rings is 1. The number of nitrogens with zero attached hydrogens (tertiary/aromatic N) is 4. The number of benzene rings is 1. The molecular weight excluding hydrogens is 340 g/mol. The molecule has 2 aliphatic heterocycles. The second-order valence-corrected chi connectivity index (χ2v) is 7.06. The Morgan fingerprint density at radius 3 is 2.60 bits per heavy atom. The number of aryl methyl sites for hydroxylation is 1. The van der Waals surface area contributed by atoms with Gasteiger partial charge in [0.15, 0.2) is 11.4 Å². The highest BCUT2D eigenvalue weighted by atomic mass is 35.5. The molecular formula is C18H19ClN4O2. The van der Waals surface area contributed by atoms with E-state index in [2.05, 4.69) is 22.1 Å². The zero-order chi connectivity index (χ0) is 17.0. The first-order valence-corrected chi connectivity index (χ1v) is 9.01. The Hall–Kier alpha value is -1.89. The summed E-state index contributed by atoms with van der Waals surface area (Å²) in [6.45, 7) is 4.98. The van der Waals surface area contributed by atoms with Gasteiger partial charge in [0.1, 0.15) is 10.8 Å².